The number of aliphatic hydroxyl groups excluding tert-OH is 1. The van der Waals surface area contributed by atoms with Crippen LogP contribution < -0.4 is 15.4 Å². The first kappa shape index (κ1) is 18.2. The van der Waals surface area contributed by atoms with Gasteiger partial charge in [-0.2, -0.15) is 0 Å². The highest BCUT2D eigenvalue weighted by atomic mass is 19.1. The third kappa shape index (κ3) is 4.59. The monoisotopic (exact) mass is 312 g/mol. The van der Waals surface area contributed by atoms with E-state index in [-0.39, 0.29) is 6.61 Å². The maximum atomic E-state index is 14.0. The molecule has 0 spiro atoms. The van der Waals surface area contributed by atoms with E-state index in [1.807, 2.05) is 6.92 Å². The minimum Gasteiger partial charge on any atom is -0.496 e. The number of hydrogen-bond donors (Lipinski definition) is 3. The Labute approximate surface area is 130 Å². The van der Waals surface area contributed by atoms with E-state index in [0.29, 0.717) is 17.7 Å². The molecule has 0 aromatic heterocycles. The molecule has 0 saturated carbocycles. The molecule has 2 atom stereocenters. The van der Waals surface area contributed by atoms with Gasteiger partial charge in [0.05, 0.1) is 30.9 Å². The average Bonchev–Trinajstić information content (AvgIpc) is 2.46. The summed E-state index contributed by atoms with van der Waals surface area (Å²) in [6.45, 7) is 5.26. The Hall–Kier alpha value is -1.82. The normalized spacial score (nSPS) is 14.8. The molecule has 0 heterocycles. The topological polar surface area (TPSA) is 70.6 Å². The van der Waals surface area contributed by atoms with E-state index in [1.54, 1.807) is 26.0 Å². The number of carbonyl (C=O) groups is 1. The lowest BCUT2D eigenvalue weighted by atomic mass is 9.97. The van der Waals surface area contributed by atoms with Gasteiger partial charge in [-0.1, -0.05) is 19.4 Å². The van der Waals surface area contributed by atoms with Gasteiger partial charge in [0.2, 0.25) is 0 Å². The predicted molar refractivity (Wildman–Crippen MR) is 83.4 cm³/mol. The Morgan fingerprint density at radius 3 is 2.73 bits per heavy atom. The molecule has 0 aliphatic carbocycles. The summed E-state index contributed by atoms with van der Waals surface area (Å²) >= 11 is 0. The van der Waals surface area contributed by atoms with E-state index in [2.05, 4.69) is 10.6 Å². The molecule has 0 fully saturated rings. The van der Waals surface area contributed by atoms with Crippen LogP contribution in [0.15, 0.2) is 18.2 Å². The second-order valence-electron chi connectivity index (χ2n) is 5.64. The maximum absolute atomic E-state index is 14.0. The number of methoxy groups -OCH3 is 1. The van der Waals surface area contributed by atoms with Gasteiger partial charge in [-0.15, -0.1) is 0 Å². The Morgan fingerprint density at radius 2 is 2.18 bits per heavy atom. The van der Waals surface area contributed by atoms with E-state index in [0.717, 1.165) is 6.42 Å². The summed E-state index contributed by atoms with van der Waals surface area (Å²) in [6, 6.07) is 3.49. The zero-order valence-corrected chi connectivity index (χ0v) is 13.6. The Bertz CT molecular complexity index is 510. The lowest BCUT2D eigenvalue weighted by Crippen LogP contribution is -2.52. The first-order valence-corrected chi connectivity index (χ1v) is 7.38. The predicted octanol–water partition coefficient (Wildman–Crippen LogP) is 2.75. The molecule has 22 heavy (non-hydrogen) atoms. The number of rotatable bonds is 7. The van der Waals surface area contributed by atoms with Crippen molar-refractivity contribution in [1.29, 1.82) is 0 Å². The Balaban J connectivity index is 2.80. The number of halogens is 1. The number of ether oxygens (including phenoxy) is 1. The molecule has 0 saturated heterocycles. The fraction of sp³-hybridized carbons (Fsp3) is 0.562. The average molecular weight is 312 g/mol. The van der Waals surface area contributed by atoms with Crippen molar-refractivity contribution in [3.05, 3.63) is 29.6 Å². The van der Waals surface area contributed by atoms with Gasteiger partial charge >= 0.3 is 6.03 Å². The molecule has 5 nitrogen and oxygen atoms in total. The number of aliphatic hydroxyl groups is 1. The molecule has 0 radical (unpaired) electrons. The fourth-order valence-corrected chi connectivity index (χ4v) is 2.43. The number of nitrogens with one attached hydrogen (secondary N) is 2. The van der Waals surface area contributed by atoms with Gasteiger partial charge in [0.15, 0.2) is 0 Å². The van der Waals surface area contributed by atoms with Crippen molar-refractivity contribution in [2.24, 2.45) is 0 Å². The van der Waals surface area contributed by atoms with Crippen molar-refractivity contribution in [3.8, 4) is 5.75 Å². The molecule has 3 N–H and O–H groups in total. The number of benzene rings is 1. The van der Waals surface area contributed by atoms with Gasteiger partial charge in [-0.05, 0) is 32.4 Å². The molecule has 2 amide bonds. The second-order valence-corrected chi connectivity index (χ2v) is 5.64. The molecule has 1 aromatic carbocycles. The number of carbonyl (C=O) groups excluding carboxylic acids is 1. The van der Waals surface area contributed by atoms with Crippen molar-refractivity contribution in [3.63, 3.8) is 0 Å². The Kier molecular flexibility index (Phi) is 6.61. The van der Waals surface area contributed by atoms with Crippen LogP contribution in [0.1, 0.15) is 45.2 Å². The van der Waals surface area contributed by atoms with Crippen molar-refractivity contribution < 1.29 is 19.0 Å². The number of amides is 2. The van der Waals surface area contributed by atoms with E-state index < -0.39 is 23.4 Å². The van der Waals surface area contributed by atoms with Crippen LogP contribution >= 0.6 is 0 Å². The highest BCUT2D eigenvalue weighted by Gasteiger charge is 2.26. The van der Waals surface area contributed by atoms with E-state index in [9.17, 15) is 14.3 Å². The van der Waals surface area contributed by atoms with Crippen molar-refractivity contribution >= 4 is 6.03 Å². The van der Waals surface area contributed by atoms with E-state index >= 15 is 0 Å². The molecule has 6 heteroatoms. The zero-order chi connectivity index (χ0) is 16.8. The number of urea groups is 1. The third-order valence-electron chi connectivity index (χ3n) is 3.58. The van der Waals surface area contributed by atoms with Crippen LogP contribution in [0.5, 0.6) is 5.75 Å². The van der Waals surface area contributed by atoms with Crippen molar-refractivity contribution in [2.75, 3.05) is 13.7 Å². The standard InChI is InChI=1S/C16H25FN2O3/c1-5-9-16(3,10-20)19-15(21)18-11(2)14-12(17)7-6-8-13(14)22-4/h6-8,11,20H,5,9-10H2,1-4H3,(H2,18,19,21). The van der Waals surface area contributed by atoms with Crippen LogP contribution in [0.3, 0.4) is 0 Å². The molecule has 0 bridgehead atoms. The van der Waals surface area contributed by atoms with Crippen LogP contribution in [0.4, 0.5) is 9.18 Å². The second kappa shape index (κ2) is 7.98. The molecule has 1 aromatic rings. The van der Waals surface area contributed by atoms with Crippen LogP contribution in [0.2, 0.25) is 0 Å². The summed E-state index contributed by atoms with van der Waals surface area (Å²) in [4.78, 5) is 12.1. The van der Waals surface area contributed by atoms with Crippen molar-refractivity contribution in [2.45, 2.75) is 45.2 Å². The van der Waals surface area contributed by atoms with Gasteiger partial charge in [-0.25, -0.2) is 9.18 Å². The smallest absolute Gasteiger partial charge is 0.315 e. The Morgan fingerprint density at radius 1 is 1.50 bits per heavy atom. The summed E-state index contributed by atoms with van der Waals surface area (Å²) in [5.41, 5.74) is -0.404. The first-order chi connectivity index (χ1) is 10.4. The highest BCUT2D eigenvalue weighted by Crippen LogP contribution is 2.27. The first-order valence-electron chi connectivity index (χ1n) is 7.38. The summed E-state index contributed by atoms with van der Waals surface area (Å²) in [5.74, 6) is -0.0584. The van der Waals surface area contributed by atoms with Gasteiger partial charge in [0.25, 0.3) is 0 Å². The van der Waals surface area contributed by atoms with Gasteiger partial charge in [-0.3, -0.25) is 0 Å². The molecule has 0 aliphatic heterocycles. The maximum Gasteiger partial charge on any atom is 0.315 e. The lowest BCUT2D eigenvalue weighted by Gasteiger charge is -2.29. The summed E-state index contributed by atoms with van der Waals surface area (Å²) in [6.07, 6.45) is 1.47. The molecular weight excluding hydrogens is 287 g/mol. The minimum atomic E-state index is -0.697. The van der Waals surface area contributed by atoms with Crippen LogP contribution in [0.25, 0.3) is 0 Å². The van der Waals surface area contributed by atoms with Gasteiger partial charge < -0.3 is 20.5 Å². The quantitative estimate of drug-likeness (QED) is 0.725. The van der Waals surface area contributed by atoms with E-state index in [1.165, 1.54) is 13.2 Å². The van der Waals surface area contributed by atoms with Crippen molar-refractivity contribution in [1.82, 2.24) is 10.6 Å². The largest absolute Gasteiger partial charge is 0.496 e. The molecule has 0 aliphatic rings. The summed E-state index contributed by atoms with van der Waals surface area (Å²) in [5, 5.41) is 14.8. The molecule has 2 unspecified atom stereocenters. The third-order valence-corrected chi connectivity index (χ3v) is 3.58. The number of hydrogen-bond acceptors (Lipinski definition) is 3. The molecule has 1 rings (SSSR count). The fourth-order valence-electron chi connectivity index (χ4n) is 2.43. The van der Waals surface area contributed by atoms with Crippen LogP contribution in [0, 0.1) is 5.82 Å². The van der Waals surface area contributed by atoms with Gasteiger partial charge in [0, 0.05) is 0 Å². The zero-order valence-electron chi connectivity index (χ0n) is 13.6. The van der Waals surface area contributed by atoms with Gasteiger partial charge in [0.1, 0.15) is 11.6 Å². The minimum absolute atomic E-state index is 0.161. The molecular formula is C16H25FN2O3. The SMILES string of the molecule is CCCC(C)(CO)NC(=O)NC(C)c1c(F)cccc1OC. The van der Waals surface area contributed by atoms with E-state index in [4.69, 9.17) is 4.74 Å². The van der Waals surface area contributed by atoms with Crippen LogP contribution in [-0.4, -0.2) is 30.4 Å². The molecule has 124 valence electrons. The lowest BCUT2D eigenvalue weighted by molar-refractivity contribution is 0.162. The summed E-state index contributed by atoms with van der Waals surface area (Å²) < 4.78 is 19.1. The van der Waals surface area contributed by atoms with Crippen LogP contribution in [-0.2, 0) is 0 Å². The summed E-state index contributed by atoms with van der Waals surface area (Å²) in [7, 11) is 1.45. The highest BCUT2D eigenvalue weighted by molar-refractivity contribution is 5.75.